The SMILES string of the molecule is C=CCOC(=O)C1=C(C)NC(N)=C(C#N)C1c1cccc(F)c1. The Morgan fingerprint density at radius 3 is 2.96 bits per heavy atom. The number of hydrogen-bond acceptors (Lipinski definition) is 5. The van der Waals surface area contributed by atoms with E-state index >= 15 is 0 Å². The molecule has 1 aromatic rings. The van der Waals surface area contributed by atoms with Crippen molar-refractivity contribution in [3.63, 3.8) is 0 Å². The molecule has 5 nitrogen and oxygen atoms in total. The number of carbonyl (C=O) groups is 1. The van der Waals surface area contributed by atoms with Gasteiger partial charge in [0.1, 0.15) is 18.2 Å². The van der Waals surface area contributed by atoms with E-state index in [1.54, 1.807) is 13.0 Å². The van der Waals surface area contributed by atoms with E-state index in [0.717, 1.165) is 0 Å². The van der Waals surface area contributed by atoms with Crippen molar-refractivity contribution in [3.8, 4) is 6.07 Å². The lowest BCUT2D eigenvalue weighted by molar-refractivity contribution is -0.138. The maximum Gasteiger partial charge on any atom is 0.337 e. The van der Waals surface area contributed by atoms with Crippen LogP contribution in [0.5, 0.6) is 0 Å². The molecule has 6 heteroatoms. The van der Waals surface area contributed by atoms with Gasteiger partial charge in [0.25, 0.3) is 0 Å². The Labute approximate surface area is 133 Å². The Morgan fingerprint density at radius 1 is 1.61 bits per heavy atom. The van der Waals surface area contributed by atoms with Crippen molar-refractivity contribution in [3.05, 3.63) is 71.0 Å². The number of nitrogens with zero attached hydrogens (tertiary/aromatic N) is 1. The molecular weight excluding hydrogens is 297 g/mol. The smallest absolute Gasteiger partial charge is 0.337 e. The van der Waals surface area contributed by atoms with Crippen LogP contribution in [0.15, 0.2) is 59.6 Å². The molecule has 1 heterocycles. The van der Waals surface area contributed by atoms with Gasteiger partial charge in [-0.2, -0.15) is 5.26 Å². The van der Waals surface area contributed by atoms with E-state index in [-0.39, 0.29) is 23.6 Å². The van der Waals surface area contributed by atoms with E-state index in [1.165, 1.54) is 24.3 Å². The predicted molar refractivity (Wildman–Crippen MR) is 83.0 cm³/mol. The summed E-state index contributed by atoms with van der Waals surface area (Å²) in [6.45, 7) is 5.17. The highest BCUT2D eigenvalue weighted by atomic mass is 19.1. The van der Waals surface area contributed by atoms with Gasteiger partial charge in [-0.25, -0.2) is 9.18 Å². The third kappa shape index (κ3) is 3.24. The van der Waals surface area contributed by atoms with E-state index in [9.17, 15) is 14.4 Å². The highest BCUT2D eigenvalue weighted by molar-refractivity contribution is 5.93. The minimum atomic E-state index is -0.783. The van der Waals surface area contributed by atoms with Crippen molar-refractivity contribution in [1.82, 2.24) is 5.32 Å². The Balaban J connectivity index is 2.57. The summed E-state index contributed by atoms with van der Waals surface area (Å²) in [4.78, 5) is 12.4. The average molecular weight is 313 g/mol. The number of hydrogen-bond donors (Lipinski definition) is 2. The predicted octanol–water partition coefficient (Wildman–Crippen LogP) is 2.21. The van der Waals surface area contributed by atoms with Gasteiger partial charge in [0.2, 0.25) is 0 Å². The summed E-state index contributed by atoms with van der Waals surface area (Å²) >= 11 is 0. The summed E-state index contributed by atoms with van der Waals surface area (Å²) in [6.07, 6.45) is 1.44. The molecule has 2 rings (SSSR count). The second-order valence-electron chi connectivity index (χ2n) is 4.98. The molecule has 1 aliphatic rings. The number of allylic oxidation sites excluding steroid dienone is 2. The molecule has 0 saturated heterocycles. The molecule has 0 amide bonds. The van der Waals surface area contributed by atoms with Crippen LogP contribution < -0.4 is 11.1 Å². The third-order valence-corrected chi connectivity index (χ3v) is 3.45. The molecule has 0 bridgehead atoms. The average Bonchev–Trinajstić information content (AvgIpc) is 2.52. The molecule has 0 radical (unpaired) electrons. The van der Waals surface area contributed by atoms with Gasteiger partial charge in [-0.3, -0.25) is 0 Å². The van der Waals surface area contributed by atoms with Crippen LogP contribution in [0.1, 0.15) is 18.4 Å². The second kappa shape index (κ2) is 6.79. The molecule has 1 atom stereocenters. The monoisotopic (exact) mass is 313 g/mol. The quantitative estimate of drug-likeness (QED) is 0.657. The van der Waals surface area contributed by atoms with Crippen molar-refractivity contribution in [2.75, 3.05) is 6.61 Å². The maximum absolute atomic E-state index is 13.6. The van der Waals surface area contributed by atoms with Crippen LogP contribution in [-0.4, -0.2) is 12.6 Å². The minimum absolute atomic E-state index is 0.0343. The highest BCUT2D eigenvalue weighted by Crippen LogP contribution is 2.37. The van der Waals surface area contributed by atoms with Crippen LogP contribution in [0, 0.1) is 17.1 Å². The van der Waals surface area contributed by atoms with E-state index < -0.39 is 17.7 Å². The van der Waals surface area contributed by atoms with Gasteiger partial charge >= 0.3 is 5.97 Å². The summed E-state index contributed by atoms with van der Waals surface area (Å²) in [5.41, 5.74) is 7.15. The lowest BCUT2D eigenvalue weighted by atomic mass is 9.82. The molecule has 0 aliphatic carbocycles. The molecule has 0 aromatic heterocycles. The van der Waals surface area contributed by atoms with Gasteiger partial charge in [-0.05, 0) is 24.6 Å². The number of dihydropyridines is 1. The summed E-state index contributed by atoms with van der Waals surface area (Å²) < 4.78 is 18.7. The third-order valence-electron chi connectivity index (χ3n) is 3.45. The number of nitrogens with two attached hydrogens (primary N) is 1. The largest absolute Gasteiger partial charge is 0.458 e. The van der Waals surface area contributed by atoms with Crippen LogP contribution >= 0.6 is 0 Å². The first kappa shape index (κ1) is 16.3. The molecule has 23 heavy (non-hydrogen) atoms. The number of esters is 1. The second-order valence-corrected chi connectivity index (χ2v) is 4.98. The number of nitrogens with one attached hydrogen (secondary N) is 1. The van der Waals surface area contributed by atoms with E-state index in [2.05, 4.69) is 11.9 Å². The first-order valence-electron chi connectivity index (χ1n) is 6.90. The fourth-order valence-corrected chi connectivity index (χ4v) is 2.48. The van der Waals surface area contributed by atoms with Gasteiger partial charge in [-0.15, -0.1) is 0 Å². The Bertz CT molecular complexity index is 759. The minimum Gasteiger partial charge on any atom is -0.458 e. The molecule has 0 fully saturated rings. The van der Waals surface area contributed by atoms with Gasteiger partial charge in [0.15, 0.2) is 0 Å². The van der Waals surface area contributed by atoms with Crippen molar-refractivity contribution in [2.24, 2.45) is 5.73 Å². The number of benzene rings is 1. The number of carbonyl (C=O) groups excluding carboxylic acids is 1. The number of rotatable bonds is 4. The number of ether oxygens (including phenoxy) is 1. The summed E-state index contributed by atoms with van der Waals surface area (Å²) in [5.74, 6) is -1.72. The Morgan fingerprint density at radius 2 is 2.35 bits per heavy atom. The molecule has 3 N–H and O–H groups in total. The first-order valence-corrected chi connectivity index (χ1v) is 6.90. The number of nitriles is 1. The lowest BCUT2D eigenvalue weighted by Crippen LogP contribution is -2.32. The zero-order chi connectivity index (χ0) is 17.0. The zero-order valence-electron chi connectivity index (χ0n) is 12.6. The van der Waals surface area contributed by atoms with Crippen molar-refractivity contribution in [2.45, 2.75) is 12.8 Å². The van der Waals surface area contributed by atoms with Gasteiger partial charge in [0.05, 0.1) is 23.1 Å². The molecule has 0 spiro atoms. The van der Waals surface area contributed by atoms with Gasteiger partial charge in [0, 0.05) is 5.70 Å². The first-order chi connectivity index (χ1) is 11.0. The standard InChI is InChI=1S/C17H16FN3O2/c1-3-7-23-17(22)14-10(2)21-16(20)13(9-19)15(14)11-5-4-6-12(18)8-11/h3-6,8,15,21H,1,7,20H2,2H3. The summed E-state index contributed by atoms with van der Waals surface area (Å²) in [6, 6.07) is 7.70. The normalized spacial score (nSPS) is 17.3. The topological polar surface area (TPSA) is 88.1 Å². The van der Waals surface area contributed by atoms with E-state index in [4.69, 9.17) is 10.5 Å². The molecule has 118 valence electrons. The molecule has 0 saturated carbocycles. The van der Waals surface area contributed by atoms with Crippen LogP contribution in [0.2, 0.25) is 0 Å². The molecule has 1 unspecified atom stereocenters. The number of halogens is 1. The van der Waals surface area contributed by atoms with Crippen molar-refractivity contribution in [1.29, 1.82) is 5.26 Å². The molecule has 1 aliphatic heterocycles. The van der Waals surface area contributed by atoms with Crippen LogP contribution in [0.25, 0.3) is 0 Å². The fraction of sp³-hybridized carbons (Fsp3) is 0.176. The van der Waals surface area contributed by atoms with E-state index in [0.29, 0.717) is 11.3 Å². The highest BCUT2D eigenvalue weighted by Gasteiger charge is 2.34. The molecule has 1 aromatic carbocycles. The van der Waals surface area contributed by atoms with Crippen LogP contribution in [0.4, 0.5) is 4.39 Å². The Hall–Kier alpha value is -3.07. The Kier molecular flexibility index (Phi) is 4.82. The van der Waals surface area contributed by atoms with Crippen LogP contribution in [0.3, 0.4) is 0 Å². The van der Waals surface area contributed by atoms with Gasteiger partial charge in [-0.1, -0.05) is 24.8 Å². The fourth-order valence-electron chi connectivity index (χ4n) is 2.48. The van der Waals surface area contributed by atoms with Crippen molar-refractivity contribution >= 4 is 5.97 Å². The van der Waals surface area contributed by atoms with Crippen molar-refractivity contribution < 1.29 is 13.9 Å². The van der Waals surface area contributed by atoms with Gasteiger partial charge < -0.3 is 15.8 Å². The van der Waals surface area contributed by atoms with Crippen LogP contribution in [-0.2, 0) is 9.53 Å². The molecular formula is C17H16FN3O2. The van der Waals surface area contributed by atoms with E-state index in [1.807, 2.05) is 6.07 Å². The maximum atomic E-state index is 13.6. The lowest BCUT2D eigenvalue weighted by Gasteiger charge is -2.28. The summed E-state index contributed by atoms with van der Waals surface area (Å²) in [7, 11) is 0. The summed E-state index contributed by atoms with van der Waals surface area (Å²) in [5, 5.41) is 12.2. The zero-order valence-corrected chi connectivity index (χ0v) is 12.6.